The molecule has 2 heterocycles. The fourth-order valence-corrected chi connectivity index (χ4v) is 5.07. The number of rotatable bonds is 5. The number of hydrogen-bond acceptors (Lipinski definition) is 5. The van der Waals surface area contributed by atoms with Gasteiger partial charge in [-0.15, -0.1) is 0 Å². The molecular formula is C26H29F3N2O4. The Bertz CT molecular complexity index is 1040. The number of hydrogen-bond donors (Lipinski definition) is 0. The molecule has 0 aromatic heterocycles. The molecule has 0 radical (unpaired) electrons. The van der Waals surface area contributed by atoms with E-state index in [-0.39, 0.29) is 12.5 Å². The third-order valence-corrected chi connectivity index (χ3v) is 7.13. The van der Waals surface area contributed by atoms with Gasteiger partial charge >= 0.3 is 12.1 Å². The highest BCUT2D eigenvalue weighted by molar-refractivity contribution is 5.94. The molecule has 6 nitrogen and oxygen atoms in total. The second-order valence-corrected chi connectivity index (χ2v) is 9.25. The van der Waals surface area contributed by atoms with Crippen LogP contribution in [0.25, 0.3) is 0 Å². The van der Waals surface area contributed by atoms with Crippen molar-refractivity contribution in [3.05, 3.63) is 65.7 Å². The van der Waals surface area contributed by atoms with E-state index in [1.54, 1.807) is 37.4 Å². The van der Waals surface area contributed by atoms with Crippen LogP contribution in [-0.2, 0) is 16.1 Å². The summed E-state index contributed by atoms with van der Waals surface area (Å²) in [5, 5.41) is 0. The third-order valence-electron chi connectivity index (χ3n) is 7.13. The average molecular weight is 491 g/mol. The number of piperidine rings is 2. The van der Waals surface area contributed by atoms with Crippen molar-refractivity contribution in [3.63, 3.8) is 0 Å². The van der Waals surface area contributed by atoms with Crippen molar-refractivity contribution in [2.45, 2.75) is 38.1 Å². The Morgan fingerprint density at radius 3 is 2.34 bits per heavy atom. The standard InChI is InChI=1S/C26H29F3N2O4/c1-34-21-9-5-6-19(16-21)17-30-13-10-25(11-14-30)12-15-31(23(32)20-7-3-2-4-8-20)18-22(25)35-24(33)26(27,28)29/h2-9,16,22H,10-15,17-18H2,1H3. The van der Waals surface area contributed by atoms with Crippen molar-refractivity contribution >= 4 is 11.9 Å². The number of carbonyl (C=O) groups excluding carboxylic acids is 2. The van der Waals surface area contributed by atoms with Crippen molar-refractivity contribution in [3.8, 4) is 5.75 Å². The number of halogens is 3. The lowest BCUT2D eigenvalue weighted by Gasteiger charge is -2.51. The summed E-state index contributed by atoms with van der Waals surface area (Å²) in [6.45, 7) is 2.36. The molecule has 2 aromatic rings. The van der Waals surface area contributed by atoms with Gasteiger partial charge in [-0.3, -0.25) is 9.69 Å². The first-order chi connectivity index (χ1) is 16.7. The van der Waals surface area contributed by atoms with Crippen LogP contribution in [0.15, 0.2) is 54.6 Å². The van der Waals surface area contributed by atoms with Crippen molar-refractivity contribution in [2.24, 2.45) is 5.41 Å². The monoisotopic (exact) mass is 490 g/mol. The summed E-state index contributed by atoms with van der Waals surface area (Å²) in [6, 6.07) is 16.4. The van der Waals surface area contributed by atoms with Crippen LogP contribution in [0.3, 0.4) is 0 Å². The van der Waals surface area contributed by atoms with Gasteiger partial charge in [-0.1, -0.05) is 30.3 Å². The number of likely N-dealkylation sites (tertiary alicyclic amines) is 2. The lowest BCUT2D eigenvalue weighted by molar-refractivity contribution is -0.216. The number of benzene rings is 2. The Morgan fingerprint density at radius 2 is 1.69 bits per heavy atom. The van der Waals surface area contributed by atoms with E-state index in [2.05, 4.69) is 4.90 Å². The van der Waals surface area contributed by atoms with Crippen LogP contribution in [0.1, 0.15) is 35.2 Å². The Labute approximate surface area is 202 Å². The molecule has 0 saturated carbocycles. The minimum atomic E-state index is -5.08. The van der Waals surface area contributed by atoms with Crippen molar-refractivity contribution in [1.82, 2.24) is 9.80 Å². The smallest absolute Gasteiger partial charge is 0.490 e. The van der Waals surface area contributed by atoms with Gasteiger partial charge in [-0.2, -0.15) is 13.2 Å². The Morgan fingerprint density at radius 1 is 1.00 bits per heavy atom. The normalized spacial score (nSPS) is 20.5. The zero-order valence-corrected chi connectivity index (χ0v) is 19.6. The maximum absolute atomic E-state index is 13.1. The molecule has 2 fully saturated rings. The minimum Gasteiger partial charge on any atom is -0.497 e. The number of alkyl halides is 3. The topological polar surface area (TPSA) is 59.1 Å². The summed E-state index contributed by atoms with van der Waals surface area (Å²) in [7, 11) is 1.61. The molecule has 0 bridgehead atoms. The number of nitrogens with zero attached hydrogens (tertiary/aromatic N) is 2. The summed E-state index contributed by atoms with van der Waals surface area (Å²) in [5.41, 5.74) is 0.945. The summed E-state index contributed by atoms with van der Waals surface area (Å²) in [6.07, 6.45) is -4.45. The van der Waals surface area contributed by atoms with E-state index in [0.29, 0.717) is 51.0 Å². The van der Waals surface area contributed by atoms with Gasteiger partial charge < -0.3 is 14.4 Å². The largest absolute Gasteiger partial charge is 0.497 e. The Hall–Kier alpha value is -3.07. The molecule has 1 unspecified atom stereocenters. The molecule has 2 saturated heterocycles. The molecule has 0 N–H and O–H groups in total. The third kappa shape index (κ3) is 5.78. The van der Waals surface area contributed by atoms with Gasteiger partial charge in [-0.05, 0) is 62.2 Å². The molecule has 0 aliphatic carbocycles. The van der Waals surface area contributed by atoms with E-state index in [9.17, 15) is 22.8 Å². The zero-order valence-electron chi connectivity index (χ0n) is 19.6. The molecule has 188 valence electrons. The van der Waals surface area contributed by atoms with Crippen LogP contribution < -0.4 is 4.74 Å². The quantitative estimate of drug-likeness (QED) is 0.585. The second kappa shape index (κ2) is 10.3. The van der Waals surface area contributed by atoms with Gasteiger partial charge in [0.05, 0.1) is 13.7 Å². The maximum atomic E-state index is 13.1. The van der Waals surface area contributed by atoms with Crippen LogP contribution in [-0.4, -0.2) is 67.2 Å². The number of methoxy groups -OCH3 is 1. The first-order valence-electron chi connectivity index (χ1n) is 11.7. The van der Waals surface area contributed by atoms with Gasteiger partial charge in [0.15, 0.2) is 0 Å². The van der Waals surface area contributed by atoms with Crippen molar-refractivity contribution in [2.75, 3.05) is 33.3 Å². The molecule has 1 amide bonds. The predicted octanol–water partition coefficient (Wildman–Crippen LogP) is 4.30. The highest BCUT2D eigenvalue weighted by Crippen LogP contribution is 2.44. The first-order valence-corrected chi connectivity index (χ1v) is 11.7. The Balaban J connectivity index is 1.47. The summed E-state index contributed by atoms with van der Waals surface area (Å²) in [4.78, 5) is 28.5. The van der Waals surface area contributed by atoms with Crippen LogP contribution in [0.4, 0.5) is 13.2 Å². The predicted molar refractivity (Wildman–Crippen MR) is 123 cm³/mol. The van der Waals surface area contributed by atoms with Crippen molar-refractivity contribution < 1.29 is 32.2 Å². The van der Waals surface area contributed by atoms with E-state index in [1.807, 2.05) is 24.3 Å². The maximum Gasteiger partial charge on any atom is 0.490 e. The summed E-state index contributed by atoms with van der Waals surface area (Å²) in [5.74, 6) is -1.70. The molecule has 2 aliphatic heterocycles. The van der Waals surface area contributed by atoms with Gasteiger partial charge in [0.1, 0.15) is 11.9 Å². The lowest BCUT2D eigenvalue weighted by Crippen LogP contribution is -2.58. The second-order valence-electron chi connectivity index (χ2n) is 9.25. The number of amides is 1. The van der Waals surface area contributed by atoms with Crippen LogP contribution in [0.5, 0.6) is 5.75 Å². The molecule has 35 heavy (non-hydrogen) atoms. The van der Waals surface area contributed by atoms with E-state index in [1.165, 1.54) is 4.90 Å². The zero-order chi connectivity index (χ0) is 25.1. The average Bonchev–Trinajstić information content (AvgIpc) is 2.86. The van der Waals surface area contributed by atoms with Gasteiger partial charge in [0.25, 0.3) is 5.91 Å². The first kappa shape index (κ1) is 25.0. The molecule has 1 atom stereocenters. The molecule has 9 heteroatoms. The van der Waals surface area contributed by atoms with E-state index < -0.39 is 23.7 Å². The van der Waals surface area contributed by atoms with Crippen LogP contribution in [0, 0.1) is 5.41 Å². The van der Waals surface area contributed by atoms with Crippen LogP contribution >= 0.6 is 0 Å². The fraction of sp³-hybridized carbons (Fsp3) is 0.462. The molecule has 4 rings (SSSR count). The highest BCUT2D eigenvalue weighted by Gasteiger charge is 2.51. The number of esters is 1. The summed E-state index contributed by atoms with van der Waals surface area (Å²) >= 11 is 0. The van der Waals surface area contributed by atoms with Crippen LogP contribution in [0.2, 0.25) is 0 Å². The summed E-state index contributed by atoms with van der Waals surface area (Å²) < 4.78 is 49.6. The number of carbonyl (C=O) groups is 2. The molecule has 2 aliphatic rings. The fourth-order valence-electron chi connectivity index (χ4n) is 5.07. The lowest BCUT2D eigenvalue weighted by atomic mass is 9.69. The minimum absolute atomic E-state index is 0.0502. The van der Waals surface area contributed by atoms with Crippen molar-refractivity contribution in [1.29, 1.82) is 0 Å². The Kier molecular flexibility index (Phi) is 7.35. The van der Waals surface area contributed by atoms with Gasteiger partial charge in [0.2, 0.25) is 0 Å². The van der Waals surface area contributed by atoms with Gasteiger partial charge in [-0.25, -0.2) is 4.79 Å². The SMILES string of the molecule is COc1cccc(CN2CCC3(CC2)CCN(C(=O)c2ccccc2)CC3OC(=O)C(F)(F)F)c1. The van der Waals surface area contributed by atoms with E-state index >= 15 is 0 Å². The highest BCUT2D eigenvalue weighted by atomic mass is 19.4. The molecular weight excluding hydrogens is 461 g/mol. The molecule has 2 aromatic carbocycles. The van der Waals surface area contributed by atoms with E-state index in [0.717, 1.165) is 11.3 Å². The van der Waals surface area contributed by atoms with Gasteiger partial charge in [0, 0.05) is 24.1 Å². The molecule has 1 spiro atoms. The number of ether oxygens (including phenoxy) is 2. The van der Waals surface area contributed by atoms with E-state index in [4.69, 9.17) is 9.47 Å².